The summed E-state index contributed by atoms with van der Waals surface area (Å²) in [5.74, 6) is -2.02. The third-order valence-electron chi connectivity index (χ3n) is 17.7. The van der Waals surface area contributed by atoms with Crippen molar-refractivity contribution >= 4 is 17.9 Å². The molecule has 0 radical (unpaired) electrons. The Balaban J connectivity index is 4.08. The number of nitrogens with zero attached hydrogens (tertiary/aromatic N) is 1. The number of aliphatic carboxylic acids is 1. The number of hydrogen-bond donors (Lipinski definition) is 1. The Hall–Kier alpha value is -6.39. The van der Waals surface area contributed by atoms with Crippen LogP contribution in [0.4, 0.5) is 0 Å². The first-order valence-electron chi connectivity index (χ1n) is 42.9. The van der Waals surface area contributed by atoms with Crippen molar-refractivity contribution in [3.63, 3.8) is 0 Å². The Morgan fingerprint density at radius 1 is 0.280 bits per heavy atom. The van der Waals surface area contributed by atoms with E-state index in [0.717, 1.165) is 154 Å². The summed E-state index contributed by atoms with van der Waals surface area (Å²) >= 11 is 0. The van der Waals surface area contributed by atoms with Crippen molar-refractivity contribution in [1.82, 2.24) is 0 Å². The molecule has 0 fully saturated rings. The third kappa shape index (κ3) is 86.7. The SMILES string of the molecule is CC/C=C\C/C=C\C/C=C\C/C=C\C/C=C\C/C=C\C/C=C\C/C=C\C/C=C\CCCCCCCCCCCCCCCC(=O)OCC(COC(OCC[N+](C)(C)C)C(=O)O)OC(=O)CCCCCCCCCCCCCCC/C=C\C/C=C\C/C=C\C/C=C\C/C=C\C/C=C\C/C=C\C/C=C\C/C=C\CC. The predicted molar refractivity (Wildman–Crippen MR) is 465 cm³/mol. The average Bonchev–Trinajstić information content (AvgIpc) is 0.928. The first-order chi connectivity index (χ1) is 52.6. The second-order valence-electron chi connectivity index (χ2n) is 29.0. The Morgan fingerprint density at radius 3 is 0.748 bits per heavy atom. The molecule has 107 heavy (non-hydrogen) atoms. The molecule has 0 amide bonds. The predicted octanol–water partition coefficient (Wildman–Crippen LogP) is 28.4. The molecule has 0 bridgehead atoms. The van der Waals surface area contributed by atoms with E-state index < -0.39 is 24.3 Å². The van der Waals surface area contributed by atoms with Crippen molar-refractivity contribution in [2.24, 2.45) is 0 Å². The van der Waals surface area contributed by atoms with Crippen LogP contribution < -0.4 is 0 Å². The number of esters is 2. The fraction of sp³-hybridized carbons (Fsp3) is 0.602. The van der Waals surface area contributed by atoms with E-state index in [1.807, 2.05) is 21.1 Å². The Bertz CT molecular complexity index is 2580. The quantitative estimate of drug-likeness (QED) is 0.0211. The Kier molecular flexibility index (Phi) is 80.1. The van der Waals surface area contributed by atoms with Crippen LogP contribution in [0.15, 0.2) is 219 Å². The summed E-state index contributed by atoms with van der Waals surface area (Å²) in [5.41, 5.74) is 0. The number of quaternary nitrogens is 1. The van der Waals surface area contributed by atoms with Gasteiger partial charge in [-0.15, -0.1) is 0 Å². The van der Waals surface area contributed by atoms with Gasteiger partial charge in [-0.1, -0.05) is 374 Å². The molecule has 0 aromatic rings. The lowest BCUT2D eigenvalue weighted by atomic mass is 10.0. The smallest absolute Gasteiger partial charge is 0.361 e. The molecule has 0 rings (SSSR count). The van der Waals surface area contributed by atoms with Crippen molar-refractivity contribution in [2.75, 3.05) is 47.5 Å². The second-order valence-corrected chi connectivity index (χ2v) is 29.0. The molecule has 0 aliphatic heterocycles. The van der Waals surface area contributed by atoms with Gasteiger partial charge < -0.3 is 28.5 Å². The van der Waals surface area contributed by atoms with Gasteiger partial charge in [0.05, 0.1) is 34.4 Å². The van der Waals surface area contributed by atoms with Crippen LogP contribution in [0.3, 0.4) is 0 Å². The largest absolute Gasteiger partial charge is 0.477 e. The summed E-state index contributed by atoms with van der Waals surface area (Å²) < 4.78 is 23.1. The van der Waals surface area contributed by atoms with Gasteiger partial charge in [0.2, 0.25) is 0 Å². The number of carboxylic acids is 1. The molecule has 602 valence electrons. The van der Waals surface area contributed by atoms with Gasteiger partial charge >= 0.3 is 17.9 Å². The fourth-order valence-corrected chi connectivity index (χ4v) is 11.3. The molecule has 2 unspecified atom stereocenters. The van der Waals surface area contributed by atoms with E-state index in [9.17, 15) is 19.5 Å². The number of carboxylic acid groups (broad SMARTS) is 1. The normalized spacial score (nSPS) is 13.8. The molecule has 0 aromatic heterocycles. The van der Waals surface area contributed by atoms with E-state index in [-0.39, 0.29) is 38.6 Å². The molecule has 0 saturated heterocycles. The van der Waals surface area contributed by atoms with Gasteiger partial charge in [-0.2, -0.15) is 0 Å². The van der Waals surface area contributed by atoms with E-state index in [0.29, 0.717) is 17.4 Å². The topological polar surface area (TPSA) is 108 Å². The van der Waals surface area contributed by atoms with Gasteiger partial charge in [-0.05, 0) is 154 Å². The zero-order valence-electron chi connectivity index (χ0n) is 69.0. The molecule has 9 nitrogen and oxygen atoms in total. The van der Waals surface area contributed by atoms with Gasteiger partial charge in [0.25, 0.3) is 6.29 Å². The van der Waals surface area contributed by atoms with E-state index in [1.165, 1.54) is 135 Å². The van der Waals surface area contributed by atoms with E-state index in [1.54, 1.807) is 0 Å². The van der Waals surface area contributed by atoms with Crippen molar-refractivity contribution in [2.45, 2.75) is 334 Å². The fourth-order valence-electron chi connectivity index (χ4n) is 11.3. The second kappa shape index (κ2) is 85.2. The molecule has 2 atom stereocenters. The first-order valence-corrected chi connectivity index (χ1v) is 42.9. The van der Waals surface area contributed by atoms with Crippen LogP contribution in [0.5, 0.6) is 0 Å². The van der Waals surface area contributed by atoms with Crippen LogP contribution in [0, 0.1) is 0 Å². The molecular formula is C98H158NO8+. The van der Waals surface area contributed by atoms with E-state index in [2.05, 4.69) is 233 Å². The number of allylic oxidation sites excluding steroid dienone is 36. The highest BCUT2D eigenvalue weighted by Crippen LogP contribution is 2.17. The zero-order valence-corrected chi connectivity index (χ0v) is 69.0. The van der Waals surface area contributed by atoms with Gasteiger partial charge in [0.15, 0.2) is 6.10 Å². The van der Waals surface area contributed by atoms with Crippen LogP contribution in [0.1, 0.15) is 322 Å². The van der Waals surface area contributed by atoms with Crippen molar-refractivity contribution in [3.05, 3.63) is 219 Å². The van der Waals surface area contributed by atoms with Gasteiger partial charge in [-0.25, -0.2) is 4.79 Å². The summed E-state index contributed by atoms with van der Waals surface area (Å²) in [6.07, 6.45) is 131. The van der Waals surface area contributed by atoms with Crippen LogP contribution in [0.25, 0.3) is 0 Å². The van der Waals surface area contributed by atoms with Crippen molar-refractivity contribution in [3.8, 4) is 0 Å². The first kappa shape index (κ1) is 101. The average molecular weight is 1480 g/mol. The van der Waals surface area contributed by atoms with E-state index >= 15 is 0 Å². The molecule has 0 heterocycles. The number of unbranched alkanes of at least 4 members (excludes halogenated alkanes) is 26. The number of hydrogen-bond acceptors (Lipinski definition) is 7. The Labute approximate surface area is 657 Å². The summed E-state index contributed by atoms with van der Waals surface area (Å²) in [6, 6.07) is 0. The molecular weight excluding hydrogens is 1320 g/mol. The van der Waals surface area contributed by atoms with Gasteiger partial charge in [0, 0.05) is 12.8 Å². The summed E-state index contributed by atoms with van der Waals surface area (Å²) in [5, 5.41) is 9.79. The van der Waals surface area contributed by atoms with Crippen LogP contribution in [0.2, 0.25) is 0 Å². The minimum Gasteiger partial charge on any atom is -0.477 e. The molecule has 0 aliphatic carbocycles. The lowest BCUT2D eigenvalue weighted by molar-refractivity contribution is -0.870. The summed E-state index contributed by atoms with van der Waals surface area (Å²) in [7, 11) is 5.98. The summed E-state index contributed by atoms with van der Waals surface area (Å²) in [6.45, 7) is 4.65. The number of carbonyl (C=O) groups is 3. The van der Waals surface area contributed by atoms with E-state index in [4.69, 9.17) is 18.9 Å². The highest BCUT2D eigenvalue weighted by atomic mass is 16.7. The van der Waals surface area contributed by atoms with Crippen molar-refractivity contribution in [1.29, 1.82) is 0 Å². The third-order valence-corrected chi connectivity index (χ3v) is 17.7. The number of ether oxygens (including phenoxy) is 4. The zero-order chi connectivity index (χ0) is 77.4. The highest BCUT2D eigenvalue weighted by Gasteiger charge is 2.25. The number of rotatable bonds is 77. The Morgan fingerprint density at radius 2 is 0.505 bits per heavy atom. The van der Waals surface area contributed by atoms with Crippen LogP contribution in [-0.2, 0) is 33.3 Å². The molecule has 0 aromatic carbocycles. The lowest BCUT2D eigenvalue weighted by Gasteiger charge is -2.25. The maximum atomic E-state index is 13.0. The molecule has 0 aliphatic rings. The standard InChI is InChI=1S/C98H157NO8/c1-6-8-10-12-14-16-18-20-22-24-26-28-30-32-34-36-38-40-42-44-46-48-50-52-54-56-58-60-62-64-66-68-70-72-74-76-78-80-82-84-86-88-95(100)105-92-94(93-106-98(97(102)103)104-91-90-99(3,4)5)107-96(101)89-87-85-83-81-79-77-75-73-71-69-67-65-63-61-59-57-55-53-51-49-47-45-43-41-39-37-35-33-31-29-27-25-23-21-19-17-15-13-11-9-7-2/h8-11,14-17,20-23,26-29,32-35,38-41,44-47,50-53,56-59,94,98H,6-7,12-13,18-19,24-25,30-31,36-37,42-43,48-49,54-55,60-93H2,1-5H3/p+1/b10-8-,11-9-,16-14-,17-15-,22-20-,23-21-,28-26-,29-27-,34-32-,35-33-,40-38-,41-39-,46-44-,47-45-,52-50-,53-51-,58-56-,59-57-. The monoisotopic (exact) mass is 1480 g/mol. The lowest BCUT2D eigenvalue weighted by Crippen LogP contribution is -2.40. The van der Waals surface area contributed by atoms with Crippen LogP contribution in [-0.4, -0.2) is 87.4 Å². The minimum absolute atomic E-state index is 0.179. The summed E-state index contributed by atoms with van der Waals surface area (Å²) in [4.78, 5) is 37.8. The maximum Gasteiger partial charge on any atom is 0.361 e. The number of carbonyl (C=O) groups excluding carboxylic acids is 2. The maximum absolute atomic E-state index is 13.0. The molecule has 1 N–H and O–H groups in total. The molecule has 0 saturated carbocycles. The molecule has 0 spiro atoms. The minimum atomic E-state index is -1.52. The highest BCUT2D eigenvalue weighted by molar-refractivity contribution is 5.71. The molecule has 9 heteroatoms. The van der Waals surface area contributed by atoms with Gasteiger partial charge in [-0.3, -0.25) is 9.59 Å². The van der Waals surface area contributed by atoms with Crippen molar-refractivity contribution < 1.29 is 42.9 Å². The number of likely N-dealkylation sites (N-methyl/N-ethyl adjacent to an activating group) is 1. The van der Waals surface area contributed by atoms with Gasteiger partial charge in [0.1, 0.15) is 13.2 Å². The van der Waals surface area contributed by atoms with Crippen LogP contribution >= 0.6 is 0 Å².